The van der Waals surface area contributed by atoms with E-state index in [2.05, 4.69) is 74.6 Å². The third kappa shape index (κ3) is 4.82. The molecule has 4 heteroatoms. The molecule has 0 aliphatic heterocycles. The standard InChI is InChI=1S/C34H59NO2Si/c1-23(13-18-30(36)35(9)10)25-15-16-26-24-14-17-28-32(5,6)29(37-38(11,12)31(2,3)4)20-22-34(28,8)27(24)19-21-33(25,26)7/h16,23,25,28-29H,13-15,17-22H2,1-12H3/t23-,25-,28+,29+,33-,34-/m1/s1. The zero-order valence-corrected chi connectivity index (χ0v) is 28.0. The van der Waals surface area contributed by atoms with Gasteiger partial charge >= 0.3 is 0 Å². The van der Waals surface area contributed by atoms with Gasteiger partial charge in [0.05, 0.1) is 6.10 Å². The van der Waals surface area contributed by atoms with E-state index in [-0.39, 0.29) is 21.8 Å². The van der Waals surface area contributed by atoms with E-state index < -0.39 is 8.32 Å². The van der Waals surface area contributed by atoms with Crippen LogP contribution in [0.5, 0.6) is 0 Å². The van der Waals surface area contributed by atoms with Gasteiger partial charge in [-0.3, -0.25) is 4.79 Å². The molecule has 0 aromatic rings. The lowest BCUT2D eigenvalue weighted by Gasteiger charge is -2.61. The molecule has 216 valence electrons. The fraction of sp³-hybridized carbons (Fsp3) is 0.853. The van der Waals surface area contributed by atoms with Crippen LogP contribution in [-0.4, -0.2) is 39.3 Å². The number of rotatable bonds is 6. The summed E-state index contributed by atoms with van der Waals surface area (Å²) in [5.41, 5.74) is 6.03. The highest BCUT2D eigenvalue weighted by molar-refractivity contribution is 6.74. The Morgan fingerprint density at radius 3 is 2.34 bits per heavy atom. The minimum atomic E-state index is -1.81. The van der Waals surface area contributed by atoms with Crippen molar-refractivity contribution in [2.75, 3.05) is 14.1 Å². The van der Waals surface area contributed by atoms with Gasteiger partial charge in [-0.1, -0.05) is 67.0 Å². The average Bonchev–Trinajstić information content (AvgIpc) is 3.15. The molecule has 4 aliphatic rings. The Kier molecular flexibility index (Phi) is 7.83. The molecule has 0 bridgehead atoms. The summed E-state index contributed by atoms with van der Waals surface area (Å²) in [7, 11) is 1.95. The van der Waals surface area contributed by atoms with Gasteiger partial charge in [-0.25, -0.2) is 0 Å². The molecular formula is C34H59NO2Si. The predicted molar refractivity (Wildman–Crippen MR) is 164 cm³/mol. The Labute approximate surface area is 236 Å². The minimum absolute atomic E-state index is 0.196. The van der Waals surface area contributed by atoms with Gasteiger partial charge in [-0.2, -0.15) is 0 Å². The molecule has 1 amide bonds. The molecule has 0 saturated heterocycles. The number of hydrogen-bond acceptors (Lipinski definition) is 2. The van der Waals surface area contributed by atoms with E-state index in [1.807, 2.05) is 19.7 Å². The Hall–Kier alpha value is -0.873. The average molecular weight is 542 g/mol. The SMILES string of the molecule is C[C@H](CCC(=O)N(C)C)[C@H]1CC=C2C3=C(CC[C@@]21C)[C@@]1(C)CC[C@H](O[Si](C)(C)C(C)(C)C)C(C)(C)[C@@H]1CC3. The van der Waals surface area contributed by atoms with Crippen LogP contribution >= 0.6 is 0 Å². The number of amides is 1. The van der Waals surface area contributed by atoms with E-state index in [0.29, 0.717) is 35.7 Å². The molecular weight excluding hydrogens is 482 g/mol. The monoisotopic (exact) mass is 541 g/mol. The lowest BCUT2D eigenvalue weighted by Crippen LogP contribution is -2.57. The van der Waals surface area contributed by atoms with Crippen LogP contribution in [0.1, 0.15) is 113 Å². The molecule has 0 radical (unpaired) electrons. The van der Waals surface area contributed by atoms with Gasteiger partial charge < -0.3 is 9.33 Å². The van der Waals surface area contributed by atoms with Gasteiger partial charge in [0.15, 0.2) is 8.32 Å². The summed E-state index contributed by atoms with van der Waals surface area (Å²) in [6.07, 6.45) is 13.4. The van der Waals surface area contributed by atoms with Crippen LogP contribution in [0.3, 0.4) is 0 Å². The number of carbonyl (C=O) groups is 1. The summed E-state index contributed by atoms with van der Waals surface area (Å²) in [4.78, 5) is 14.0. The molecule has 4 rings (SSSR count). The smallest absolute Gasteiger partial charge is 0.222 e. The van der Waals surface area contributed by atoms with E-state index in [1.54, 1.807) is 16.0 Å². The Morgan fingerprint density at radius 2 is 1.74 bits per heavy atom. The predicted octanol–water partition coefficient (Wildman–Crippen LogP) is 9.16. The van der Waals surface area contributed by atoms with Gasteiger partial charge in [-0.05, 0) is 115 Å². The van der Waals surface area contributed by atoms with Crippen LogP contribution < -0.4 is 0 Å². The lowest BCUT2D eigenvalue weighted by molar-refractivity contribution is -0.129. The van der Waals surface area contributed by atoms with E-state index >= 15 is 0 Å². The molecule has 0 heterocycles. The van der Waals surface area contributed by atoms with Crippen LogP contribution in [-0.2, 0) is 9.22 Å². The second-order valence-electron chi connectivity index (χ2n) is 16.4. The van der Waals surface area contributed by atoms with Crippen molar-refractivity contribution in [1.29, 1.82) is 0 Å². The molecule has 0 unspecified atom stereocenters. The van der Waals surface area contributed by atoms with Crippen molar-refractivity contribution < 1.29 is 9.22 Å². The molecule has 0 aromatic heterocycles. The molecule has 1 saturated carbocycles. The third-order valence-corrected chi connectivity index (χ3v) is 17.1. The number of hydrogen-bond donors (Lipinski definition) is 0. The number of allylic oxidation sites excluding steroid dienone is 4. The maximum absolute atomic E-state index is 12.3. The molecule has 1 fully saturated rings. The van der Waals surface area contributed by atoms with E-state index in [4.69, 9.17) is 4.43 Å². The number of carbonyl (C=O) groups excluding carboxylic acids is 1. The van der Waals surface area contributed by atoms with Crippen LogP contribution in [0.15, 0.2) is 22.8 Å². The van der Waals surface area contributed by atoms with Crippen LogP contribution in [0, 0.1) is 34.0 Å². The number of nitrogens with zero attached hydrogens (tertiary/aromatic N) is 1. The fourth-order valence-corrected chi connectivity index (χ4v) is 10.6. The quantitative estimate of drug-likeness (QED) is 0.314. The Balaban J connectivity index is 1.56. The van der Waals surface area contributed by atoms with Crippen LogP contribution in [0.2, 0.25) is 18.1 Å². The van der Waals surface area contributed by atoms with Gasteiger partial charge in [0.2, 0.25) is 5.91 Å². The first-order valence-electron chi connectivity index (χ1n) is 15.7. The normalized spacial score (nSPS) is 35.7. The van der Waals surface area contributed by atoms with E-state index in [0.717, 1.165) is 6.42 Å². The van der Waals surface area contributed by atoms with Crippen molar-refractivity contribution in [3.8, 4) is 0 Å². The van der Waals surface area contributed by atoms with Crippen LogP contribution in [0.4, 0.5) is 0 Å². The van der Waals surface area contributed by atoms with Gasteiger partial charge in [-0.15, -0.1) is 0 Å². The molecule has 3 nitrogen and oxygen atoms in total. The summed E-state index contributed by atoms with van der Waals surface area (Å²) in [6, 6.07) is 0. The molecule has 0 spiro atoms. The summed E-state index contributed by atoms with van der Waals surface area (Å²) < 4.78 is 7.15. The minimum Gasteiger partial charge on any atom is -0.413 e. The second-order valence-corrected chi connectivity index (χ2v) is 21.1. The van der Waals surface area contributed by atoms with Gasteiger partial charge in [0.25, 0.3) is 0 Å². The zero-order chi connectivity index (χ0) is 28.5. The summed E-state index contributed by atoms with van der Waals surface area (Å²) >= 11 is 0. The highest BCUT2D eigenvalue weighted by Crippen LogP contribution is 2.67. The lowest BCUT2D eigenvalue weighted by atomic mass is 9.46. The first kappa shape index (κ1) is 30.1. The van der Waals surface area contributed by atoms with Crippen molar-refractivity contribution in [1.82, 2.24) is 4.90 Å². The maximum Gasteiger partial charge on any atom is 0.222 e. The first-order valence-corrected chi connectivity index (χ1v) is 18.6. The summed E-state index contributed by atoms with van der Waals surface area (Å²) in [6.45, 7) is 24.7. The van der Waals surface area contributed by atoms with E-state index in [1.165, 1.54) is 44.9 Å². The van der Waals surface area contributed by atoms with Crippen molar-refractivity contribution in [2.24, 2.45) is 34.0 Å². The van der Waals surface area contributed by atoms with Crippen molar-refractivity contribution in [3.05, 3.63) is 22.8 Å². The molecule has 0 aromatic carbocycles. The van der Waals surface area contributed by atoms with Gasteiger partial charge in [0.1, 0.15) is 0 Å². The molecule has 4 aliphatic carbocycles. The Morgan fingerprint density at radius 1 is 1.08 bits per heavy atom. The van der Waals surface area contributed by atoms with Crippen LogP contribution in [0.25, 0.3) is 0 Å². The summed E-state index contributed by atoms with van der Waals surface area (Å²) in [5, 5.41) is 0.252. The van der Waals surface area contributed by atoms with Crippen molar-refractivity contribution in [2.45, 2.75) is 137 Å². The molecule has 38 heavy (non-hydrogen) atoms. The maximum atomic E-state index is 12.3. The topological polar surface area (TPSA) is 29.5 Å². The second kappa shape index (κ2) is 9.89. The highest BCUT2D eigenvalue weighted by atomic mass is 28.4. The summed E-state index contributed by atoms with van der Waals surface area (Å²) in [5.74, 6) is 2.20. The molecule has 0 N–H and O–H groups in total. The highest BCUT2D eigenvalue weighted by Gasteiger charge is 2.58. The van der Waals surface area contributed by atoms with Crippen molar-refractivity contribution >= 4 is 14.2 Å². The van der Waals surface area contributed by atoms with E-state index in [9.17, 15) is 4.79 Å². The fourth-order valence-electron chi connectivity index (χ4n) is 9.08. The zero-order valence-electron chi connectivity index (χ0n) is 27.0. The molecule has 6 atom stereocenters. The van der Waals surface area contributed by atoms with Gasteiger partial charge in [0, 0.05) is 20.5 Å². The Bertz CT molecular complexity index is 998. The van der Waals surface area contributed by atoms with Crippen molar-refractivity contribution in [3.63, 3.8) is 0 Å². The third-order valence-electron chi connectivity index (χ3n) is 12.6. The number of fused-ring (bicyclic) bond motifs is 4. The largest absolute Gasteiger partial charge is 0.413 e. The first-order chi connectivity index (χ1) is 17.4.